The van der Waals surface area contributed by atoms with Gasteiger partial charge in [0.15, 0.2) is 0 Å². The molecule has 0 fully saturated rings. The average molecular weight is 918 g/mol. The highest BCUT2D eigenvalue weighted by Gasteiger charge is 2.41. The largest absolute Gasteiger partial charge is 0.647 e. The summed E-state index contributed by atoms with van der Waals surface area (Å²) < 4.78 is 35.6. The third-order valence-electron chi connectivity index (χ3n) is 11.0. The molecule has 0 heterocycles. The average Bonchev–Trinajstić information content (AvgIpc) is 3.37. The molecule has 0 aliphatic rings. The van der Waals surface area contributed by atoms with Gasteiger partial charge in [0.25, 0.3) is 17.1 Å². The van der Waals surface area contributed by atoms with Crippen LogP contribution in [-0.2, 0) is 4.57 Å². The molecule has 14 heteroatoms. The van der Waals surface area contributed by atoms with Crippen molar-refractivity contribution in [1.29, 1.82) is 0 Å². The Hall–Kier alpha value is -9.19. The molecule has 9 aromatic carbocycles. The standard InChI is InChI=1S/C54H36N3O10P/c58-55(59)52-43(37-19-7-1-8-20-37)31-34-46(49(52)40-25-13-4-14-26-40)65-68(64,66-47-35-32-44(38-21-9-2-10-22-38)53(56(60)61)50(47)41-27-15-5-16-28-41)67-48-36-33-45(39-23-11-3-12-24-39)54(57(62)63)51(48)42-29-17-6-18-30-42/h1-36H. The van der Waals surface area contributed by atoms with Gasteiger partial charge in [0.2, 0.25) is 0 Å². The lowest BCUT2D eigenvalue weighted by Gasteiger charge is -2.24. The number of nitrogens with zero attached hydrogens (tertiary/aromatic N) is 3. The van der Waals surface area contributed by atoms with E-state index in [1.165, 1.54) is 36.4 Å². The van der Waals surface area contributed by atoms with Gasteiger partial charge < -0.3 is 13.6 Å². The second-order valence-electron chi connectivity index (χ2n) is 15.2. The molecule has 0 saturated heterocycles. The molecule has 0 saturated carbocycles. The first-order valence-corrected chi connectivity index (χ1v) is 22.5. The van der Waals surface area contributed by atoms with Crippen LogP contribution in [0.25, 0.3) is 66.8 Å². The Balaban J connectivity index is 1.32. The molecular formula is C54H36N3O10P. The van der Waals surface area contributed by atoms with Gasteiger partial charge in [-0.2, -0.15) is 4.57 Å². The Morgan fingerprint density at radius 3 is 0.706 bits per heavy atom. The summed E-state index contributed by atoms with van der Waals surface area (Å²) in [7, 11) is -5.41. The van der Waals surface area contributed by atoms with Crippen LogP contribution in [0.1, 0.15) is 0 Å². The molecule has 332 valence electrons. The van der Waals surface area contributed by atoms with E-state index in [2.05, 4.69) is 0 Å². The molecule has 0 N–H and O–H groups in total. The molecule has 13 nitrogen and oxygen atoms in total. The van der Waals surface area contributed by atoms with Crippen molar-refractivity contribution in [3.63, 3.8) is 0 Å². The molecule has 0 radical (unpaired) electrons. The van der Waals surface area contributed by atoms with E-state index in [-0.39, 0.29) is 50.6 Å². The summed E-state index contributed by atoms with van der Waals surface area (Å²) in [5.74, 6) is -0.960. The SMILES string of the molecule is O=[N+]([O-])c1c(-c2ccccc2)ccc(OP(=O)(Oc2ccc(-c3ccccc3)c([N+](=O)[O-])c2-c2ccccc2)Oc2ccc(-c3ccccc3)c([N+](=O)[O-])c2-c2ccccc2)c1-c1ccccc1. The van der Waals surface area contributed by atoms with Crippen LogP contribution in [0.2, 0.25) is 0 Å². The van der Waals surface area contributed by atoms with E-state index in [4.69, 9.17) is 13.6 Å². The summed E-state index contributed by atoms with van der Waals surface area (Å²) in [6, 6.07) is 59.5. The zero-order valence-electron chi connectivity index (χ0n) is 35.7. The second-order valence-corrected chi connectivity index (χ2v) is 16.6. The first-order valence-electron chi connectivity index (χ1n) is 21.1. The van der Waals surface area contributed by atoms with Crippen LogP contribution in [0.15, 0.2) is 218 Å². The summed E-state index contributed by atoms with van der Waals surface area (Å²) in [4.78, 5) is 38.1. The van der Waals surface area contributed by atoms with Gasteiger partial charge in [-0.3, -0.25) is 30.3 Å². The summed E-state index contributed by atoms with van der Waals surface area (Å²) in [5.41, 5.74) is 1.64. The minimum absolute atomic E-state index is 0.0910. The van der Waals surface area contributed by atoms with Crippen LogP contribution in [0.5, 0.6) is 17.2 Å². The molecule has 0 bridgehead atoms. The molecule has 9 aromatic rings. The first kappa shape index (κ1) is 44.0. The van der Waals surface area contributed by atoms with Crippen molar-refractivity contribution in [2.24, 2.45) is 0 Å². The van der Waals surface area contributed by atoms with Crippen LogP contribution in [0, 0.1) is 30.3 Å². The maximum Gasteiger partial charge on any atom is 0.647 e. The third kappa shape index (κ3) is 8.92. The maximum absolute atomic E-state index is 16.2. The zero-order chi connectivity index (χ0) is 47.2. The number of nitro groups is 3. The molecule has 68 heavy (non-hydrogen) atoms. The fourth-order valence-electron chi connectivity index (χ4n) is 8.14. The topological polar surface area (TPSA) is 174 Å². The molecule has 0 aliphatic carbocycles. The smallest absolute Gasteiger partial charge is 0.385 e. The predicted octanol–water partition coefficient (Wildman–Crippen LogP) is 15.1. The second kappa shape index (κ2) is 19.1. The Morgan fingerprint density at radius 1 is 0.294 bits per heavy atom. The Bertz CT molecular complexity index is 3010. The highest BCUT2D eigenvalue weighted by atomic mass is 31.2. The molecule has 0 aliphatic heterocycles. The van der Waals surface area contributed by atoms with Gasteiger partial charge in [-0.05, 0) is 69.8 Å². The molecular weight excluding hydrogens is 882 g/mol. The minimum atomic E-state index is -5.41. The number of hydrogen-bond acceptors (Lipinski definition) is 10. The first-order chi connectivity index (χ1) is 33.1. The minimum Gasteiger partial charge on any atom is -0.385 e. The Labute approximate surface area is 389 Å². The Morgan fingerprint density at radius 2 is 0.500 bits per heavy atom. The van der Waals surface area contributed by atoms with Crippen molar-refractivity contribution in [2.75, 3.05) is 0 Å². The van der Waals surface area contributed by atoms with E-state index in [0.717, 1.165) is 0 Å². The highest BCUT2D eigenvalue weighted by Crippen LogP contribution is 2.59. The van der Waals surface area contributed by atoms with E-state index in [1.54, 1.807) is 182 Å². The van der Waals surface area contributed by atoms with Gasteiger partial charge in [0.05, 0.1) is 31.5 Å². The van der Waals surface area contributed by atoms with Crippen molar-refractivity contribution in [2.45, 2.75) is 0 Å². The fourth-order valence-corrected chi connectivity index (χ4v) is 9.43. The van der Waals surface area contributed by atoms with Crippen molar-refractivity contribution in [3.8, 4) is 84.0 Å². The van der Waals surface area contributed by atoms with Gasteiger partial charge >= 0.3 is 7.82 Å². The number of phosphoric ester groups is 1. The lowest BCUT2D eigenvalue weighted by molar-refractivity contribution is -0.383. The fraction of sp³-hybridized carbons (Fsp3) is 0. The lowest BCUT2D eigenvalue weighted by atomic mass is 9.95. The number of hydrogen-bond donors (Lipinski definition) is 0. The molecule has 0 spiro atoms. The summed E-state index contributed by atoms with van der Waals surface area (Å²) in [5, 5.41) is 39.8. The number of phosphoric acid groups is 1. The van der Waals surface area contributed by atoms with E-state index >= 15 is 4.57 Å². The molecule has 0 atom stereocenters. The summed E-state index contributed by atoms with van der Waals surface area (Å²) in [6.45, 7) is 0. The lowest BCUT2D eigenvalue weighted by Crippen LogP contribution is -2.11. The summed E-state index contributed by atoms with van der Waals surface area (Å²) in [6.07, 6.45) is 0. The van der Waals surface area contributed by atoms with Gasteiger partial charge in [-0.25, -0.2) is 0 Å². The number of benzene rings is 9. The zero-order valence-corrected chi connectivity index (χ0v) is 36.6. The van der Waals surface area contributed by atoms with E-state index in [1.807, 2.05) is 0 Å². The monoisotopic (exact) mass is 917 g/mol. The normalized spacial score (nSPS) is 11.1. The molecule has 0 amide bonds. The van der Waals surface area contributed by atoms with Crippen LogP contribution >= 0.6 is 7.82 Å². The third-order valence-corrected chi connectivity index (χ3v) is 12.3. The predicted molar refractivity (Wildman–Crippen MR) is 261 cm³/mol. The van der Waals surface area contributed by atoms with Crippen LogP contribution in [-0.4, -0.2) is 14.8 Å². The molecule has 0 unspecified atom stereocenters. The highest BCUT2D eigenvalue weighted by molar-refractivity contribution is 7.49. The van der Waals surface area contributed by atoms with Crippen LogP contribution < -0.4 is 13.6 Å². The van der Waals surface area contributed by atoms with Crippen LogP contribution in [0.4, 0.5) is 17.1 Å². The van der Waals surface area contributed by atoms with E-state index in [0.29, 0.717) is 33.4 Å². The van der Waals surface area contributed by atoms with Gasteiger partial charge in [-0.15, -0.1) is 0 Å². The van der Waals surface area contributed by atoms with Crippen molar-refractivity contribution in [1.82, 2.24) is 0 Å². The summed E-state index contributed by atoms with van der Waals surface area (Å²) >= 11 is 0. The van der Waals surface area contributed by atoms with Crippen molar-refractivity contribution < 1.29 is 32.9 Å². The van der Waals surface area contributed by atoms with Gasteiger partial charge in [0.1, 0.15) is 33.9 Å². The molecule has 9 rings (SSSR count). The molecule has 0 aromatic heterocycles. The Kier molecular flexibility index (Phi) is 12.4. The maximum atomic E-state index is 16.2. The quantitative estimate of drug-likeness (QED) is 0.0547. The van der Waals surface area contributed by atoms with Crippen LogP contribution in [0.3, 0.4) is 0 Å². The van der Waals surface area contributed by atoms with Gasteiger partial charge in [0, 0.05) is 0 Å². The number of rotatable bonds is 15. The van der Waals surface area contributed by atoms with E-state index < -0.39 is 39.7 Å². The van der Waals surface area contributed by atoms with E-state index in [9.17, 15) is 30.3 Å². The van der Waals surface area contributed by atoms with Crippen molar-refractivity contribution >= 4 is 24.9 Å². The van der Waals surface area contributed by atoms with Crippen molar-refractivity contribution in [3.05, 3.63) is 249 Å². The van der Waals surface area contributed by atoms with Gasteiger partial charge in [-0.1, -0.05) is 182 Å². The number of nitro benzene ring substituents is 3.